The first-order valence-electron chi connectivity index (χ1n) is 9.11. The first-order valence-corrected chi connectivity index (χ1v) is 9.11. The summed E-state index contributed by atoms with van der Waals surface area (Å²) in [6.07, 6.45) is 7.33. The van der Waals surface area contributed by atoms with Gasteiger partial charge < -0.3 is 19.3 Å². The number of hydrogen-bond donors (Lipinski definition) is 0. The molecule has 0 spiro atoms. The Kier molecular flexibility index (Phi) is 7.99. The number of carbonyl (C=O) groups is 2. The monoisotopic (exact) mass is 360 g/mol. The van der Waals surface area contributed by atoms with Crippen LogP contribution < -0.4 is 4.74 Å². The zero-order chi connectivity index (χ0) is 18.8. The minimum atomic E-state index is -0.115. The van der Waals surface area contributed by atoms with Crippen LogP contribution in [0.3, 0.4) is 0 Å². The number of Topliss-reactive ketones (excluding diaryl/α,β-unsaturated/α-hetero) is 1. The van der Waals surface area contributed by atoms with E-state index < -0.39 is 0 Å². The second kappa shape index (κ2) is 10.5. The molecular formula is C20H28N2O4. The summed E-state index contributed by atoms with van der Waals surface area (Å²) in [5.74, 6) is 0.651. The van der Waals surface area contributed by atoms with Crippen molar-refractivity contribution in [3.63, 3.8) is 0 Å². The van der Waals surface area contributed by atoms with E-state index in [4.69, 9.17) is 9.47 Å². The number of benzene rings is 1. The van der Waals surface area contributed by atoms with Gasteiger partial charge >= 0.3 is 5.97 Å². The maximum Gasteiger partial charge on any atom is 0.305 e. The van der Waals surface area contributed by atoms with Crippen molar-refractivity contribution >= 4 is 11.8 Å². The number of hydrogen-bond acceptors (Lipinski definition) is 6. The van der Waals surface area contributed by atoms with Gasteiger partial charge in [-0.2, -0.15) is 0 Å². The van der Waals surface area contributed by atoms with Crippen LogP contribution in [0.4, 0.5) is 0 Å². The molecule has 0 aromatic heterocycles. The lowest BCUT2D eigenvalue weighted by Crippen LogP contribution is -2.30. The van der Waals surface area contributed by atoms with Gasteiger partial charge in [0.05, 0.1) is 26.9 Å². The lowest BCUT2D eigenvalue weighted by Gasteiger charge is -2.20. The van der Waals surface area contributed by atoms with Crippen LogP contribution in [0.1, 0.15) is 43.0 Å². The van der Waals surface area contributed by atoms with Crippen LogP contribution in [0, 0.1) is 0 Å². The molecule has 2 rings (SSSR count). The van der Waals surface area contributed by atoms with Crippen molar-refractivity contribution in [3.05, 3.63) is 42.2 Å². The minimum Gasteiger partial charge on any atom is -0.497 e. The molecule has 0 atom stereocenters. The fourth-order valence-electron chi connectivity index (χ4n) is 2.83. The van der Waals surface area contributed by atoms with E-state index in [1.807, 2.05) is 42.4 Å². The summed E-state index contributed by atoms with van der Waals surface area (Å²) >= 11 is 0. The van der Waals surface area contributed by atoms with E-state index >= 15 is 0 Å². The quantitative estimate of drug-likeness (QED) is 0.343. The van der Waals surface area contributed by atoms with E-state index in [1.54, 1.807) is 13.2 Å². The molecule has 142 valence electrons. The Morgan fingerprint density at radius 2 is 1.92 bits per heavy atom. The highest BCUT2D eigenvalue weighted by Gasteiger charge is 2.16. The molecule has 0 amide bonds. The number of carbonyl (C=O) groups excluding carboxylic acids is 2. The van der Waals surface area contributed by atoms with Crippen molar-refractivity contribution in [2.45, 2.75) is 32.6 Å². The number of rotatable bonds is 11. The molecule has 1 aliphatic heterocycles. The molecule has 0 aliphatic carbocycles. The van der Waals surface area contributed by atoms with Gasteiger partial charge in [0.25, 0.3) is 0 Å². The van der Waals surface area contributed by atoms with Crippen molar-refractivity contribution in [2.24, 2.45) is 0 Å². The zero-order valence-corrected chi connectivity index (χ0v) is 15.6. The highest BCUT2D eigenvalue weighted by Crippen LogP contribution is 2.15. The highest BCUT2D eigenvalue weighted by atomic mass is 16.5. The van der Waals surface area contributed by atoms with Crippen molar-refractivity contribution < 1.29 is 19.1 Å². The summed E-state index contributed by atoms with van der Waals surface area (Å²) in [4.78, 5) is 27.9. The zero-order valence-electron chi connectivity index (χ0n) is 15.6. The molecule has 1 heterocycles. The van der Waals surface area contributed by atoms with Crippen LogP contribution in [0.5, 0.6) is 5.75 Å². The van der Waals surface area contributed by atoms with Crippen molar-refractivity contribution in [2.75, 3.05) is 33.5 Å². The van der Waals surface area contributed by atoms with Crippen molar-refractivity contribution in [1.29, 1.82) is 0 Å². The standard InChI is InChI=1S/C20H28N2O4/c1-3-26-20(24)10-5-4-6-11-21-12-13-22(16-21)15-19(23)17-8-7-9-18(14-17)25-2/h7-9,12-14H,3-6,10-11,15-16H2,1-2H3. The molecule has 6 heteroatoms. The van der Waals surface area contributed by atoms with Gasteiger partial charge in [-0.15, -0.1) is 0 Å². The Hall–Kier alpha value is -2.50. The molecule has 0 saturated heterocycles. The molecule has 0 bridgehead atoms. The third kappa shape index (κ3) is 6.43. The summed E-state index contributed by atoms with van der Waals surface area (Å²) in [6, 6.07) is 7.24. The number of esters is 1. The van der Waals surface area contributed by atoms with Gasteiger partial charge in [-0.25, -0.2) is 0 Å². The van der Waals surface area contributed by atoms with E-state index in [0.717, 1.165) is 25.8 Å². The summed E-state index contributed by atoms with van der Waals surface area (Å²) in [5, 5.41) is 0. The first-order chi connectivity index (χ1) is 12.6. The number of ketones is 1. The van der Waals surface area contributed by atoms with Crippen LogP contribution in [0.25, 0.3) is 0 Å². The summed E-state index contributed by atoms with van der Waals surface area (Å²) in [7, 11) is 1.59. The van der Waals surface area contributed by atoms with Crippen molar-refractivity contribution in [1.82, 2.24) is 9.80 Å². The maximum atomic E-state index is 12.4. The molecule has 1 aliphatic rings. The fourth-order valence-corrected chi connectivity index (χ4v) is 2.83. The molecule has 0 saturated carbocycles. The SMILES string of the molecule is CCOC(=O)CCCCCN1C=CN(CC(=O)c2cccc(OC)c2)C1. The largest absolute Gasteiger partial charge is 0.497 e. The molecule has 6 nitrogen and oxygen atoms in total. The molecule has 1 aromatic rings. The van der Waals surface area contributed by atoms with Crippen molar-refractivity contribution in [3.8, 4) is 5.75 Å². The van der Waals surface area contributed by atoms with Crippen LogP contribution in [-0.4, -0.2) is 55.0 Å². The molecule has 0 N–H and O–H groups in total. The van der Waals surface area contributed by atoms with Gasteiger partial charge in [0.1, 0.15) is 5.75 Å². The van der Waals surface area contributed by atoms with E-state index in [-0.39, 0.29) is 11.8 Å². The van der Waals surface area contributed by atoms with Crippen LogP contribution in [0.2, 0.25) is 0 Å². The Morgan fingerprint density at radius 1 is 1.12 bits per heavy atom. The number of unbranched alkanes of at least 4 members (excludes halogenated alkanes) is 2. The van der Waals surface area contributed by atoms with Gasteiger partial charge in [0.15, 0.2) is 5.78 Å². The number of ether oxygens (including phenoxy) is 2. The smallest absolute Gasteiger partial charge is 0.305 e. The number of nitrogens with zero attached hydrogens (tertiary/aromatic N) is 2. The highest BCUT2D eigenvalue weighted by molar-refractivity contribution is 5.98. The van der Waals surface area contributed by atoms with Gasteiger partial charge in [-0.1, -0.05) is 18.6 Å². The molecule has 0 fully saturated rings. The van der Waals surface area contributed by atoms with Gasteiger partial charge in [-0.05, 0) is 31.9 Å². The Bertz CT molecular complexity index is 630. The normalized spacial score (nSPS) is 13.2. The van der Waals surface area contributed by atoms with E-state index in [0.29, 0.717) is 37.6 Å². The fraction of sp³-hybridized carbons (Fsp3) is 0.500. The minimum absolute atomic E-state index is 0.0739. The predicted molar refractivity (Wildman–Crippen MR) is 99.8 cm³/mol. The molecular weight excluding hydrogens is 332 g/mol. The molecule has 1 aromatic carbocycles. The molecule has 0 radical (unpaired) electrons. The summed E-state index contributed by atoms with van der Waals surface area (Å²) in [6.45, 7) is 4.25. The lowest BCUT2D eigenvalue weighted by molar-refractivity contribution is -0.143. The van der Waals surface area contributed by atoms with Crippen LogP contribution in [0.15, 0.2) is 36.7 Å². The topological polar surface area (TPSA) is 59.1 Å². The molecule has 0 unspecified atom stereocenters. The third-order valence-corrected chi connectivity index (χ3v) is 4.22. The van der Waals surface area contributed by atoms with E-state index in [9.17, 15) is 9.59 Å². The average Bonchev–Trinajstić information content (AvgIpc) is 3.09. The van der Waals surface area contributed by atoms with Gasteiger partial charge in [-0.3, -0.25) is 9.59 Å². The van der Waals surface area contributed by atoms with E-state index in [2.05, 4.69) is 4.90 Å². The summed E-state index contributed by atoms with van der Waals surface area (Å²) in [5.41, 5.74) is 0.662. The van der Waals surface area contributed by atoms with Gasteiger partial charge in [0, 0.05) is 30.9 Å². The predicted octanol–water partition coefficient (Wildman–Crippen LogP) is 3.05. The number of methoxy groups -OCH3 is 1. The average molecular weight is 360 g/mol. The first kappa shape index (κ1) is 19.8. The summed E-state index contributed by atoms with van der Waals surface area (Å²) < 4.78 is 10.1. The second-order valence-electron chi connectivity index (χ2n) is 6.27. The Labute approximate surface area is 155 Å². The Balaban J connectivity index is 1.65. The Morgan fingerprint density at radius 3 is 2.69 bits per heavy atom. The van der Waals surface area contributed by atoms with Gasteiger partial charge in [0.2, 0.25) is 0 Å². The third-order valence-electron chi connectivity index (χ3n) is 4.22. The van der Waals surface area contributed by atoms with Crippen LogP contribution in [-0.2, 0) is 9.53 Å². The second-order valence-corrected chi connectivity index (χ2v) is 6.27. The molecule has 26 heavy (non-hydrogen) atoms. The van der Waals surface area contributed by atoms with E-state index in [1.165, 1.54) is 0 Å². The maximum absolute atomic E-state index is 12.4. The van der Waals surface area contributed by atoms with Crippen LogP contribution >= 0.6 is 0 Å². The lowest BCUT2D eigenvalue weighted by atomic mass is 10.1.